The molecule has 0 radical (unpaired) electrons. The summed E-state index contributed by atoms with van der Waals surface area (Å²) in [5, 5.41) is 10.9. The van der Waals surface area contributed by atoms with Crippen LogP contribution < -0.4 is 19.9 Å². The van der Waals surface area contributed by atoms with E-state index in [9.17, 15) is 14.4 Å². The zero-order chi connectivity index (χ0) is 42.1. The Bertz CT molecular complexity index is 2230. The Kier molecular flexibility index (Phi) is 11.9. The van der Waals surface area contributed by atoms with Gasteiger partial charge in [-0.1, -0.05) is 13.3 Å². The van der Waals surface area contributed by atoms with Gasteiger partial charge in [0.1, 0.15) is 35.2 Å². The third-order valence-corrected chi connectivity index (χ3v) is 13.4. The Morgan fingerprint density at radius 2 is 1.87 bits per heavy atom. The Morgan fingerprint density at radius 3 is 2.64 bits per heavy atom. The van der Waals surface area contributed by atoms with Crippen molar-refractivity contribution < 1.29 is 28.2 Å². The SMILES string of the molecule is CCCC(C(=O)NC=O)N1Cc2c(ccc(N3CCC(CCN4CCOC(CN5CCN(c6cc(-c7n[nH]c8ccc(OC9(C)CC9)cc78)ncn6)CC5)C4)CC3)c2F)C1=O. The highest BCUT2D eigenvalue weighted by Gasteiger charge is 2.41. The smallest absolute Gasteiger partial charge is 0.255 e. The first-order valence-electron chi connectivity index (χ1n) is 22.1. The van der Waals surface area contributed by atoms with Gasteiger partial charge in [0, 0.05) is 81.5 Å². The highest BCUT2D eigenvalue weighted by molar-refractivity contribution is 6.02. The van der Waals surface area contributed by atoms with Crippen LogP contribution in [0.4, 0.5) is 15.9 Å². The number of piperazine rings is 1. The minimum atomic E-state index is -0.821. The van der Waals surface area contributed by atoms with E-state index in [1.54, 1.807) is 18.5 Å². The van der Waals surface area contributed by atoms with Gasteiger partial charge in [0.25, 0.3) is 5.91 Å². The number of carbonyl (C=O) groups is 3. The van der Waals surface area contributed by atoms with Crippen LogP contribution in [-0.4, -0.2) is 143 Å². The molecule has 4 aromatic rings. The summed E-state index contributed by atoms with van der Waals surface area (Å²) in [6, 6.07) is 10.7. The number of rotatable bonds is 15. The molecule has 2 aromatic carbocycles. The Balaban J connectivity index is 0.724. The average molecular weight is 837 g/mol. The van der Waals surface area contributed by atoms with Crippen molar-refractivity contribution in [2.75, 3.05) is 81.9 Å². The summed E-state index contributed by atoms with van der Waals surface area (Å²) < 4.78 is 28.5. The quantitative estimate of drug-likeness (QED) is 0.161. The number of morpholine rings is 1. The first-order valence-corrected chi connectivity index (χ1v) is 22.1. The number of aromatic amines is 1. The molecule has 4 aliphatic heterocycles. The lowest BCUT2D eigenvalue weighted by Gasteiger charge is -2.40. The lowest BCUT2D eigenvalue weighted by Crippen LogP contribution is -2.53. The fourth-order valence-electron chi connectivity index (χ4n) is 9.55. The van der Waals surface area contributed by atoms with Gasteiger partial charge in [0.2, 0.25) is 12.3 Å². The number of fused-ring (bicyclic) bond motifs is 2. The number of carbonyl (C=O) groups excluding carboxylic acids is 3. The van der Waals surface area contributed by atoms with Crippen LogP contribution in [0.1, 0.15) is 74.7 Å². The van der Waals surface area contributed by atoms with E-state index in [0.717, 1.165) is 138 Å². The fraction of sp³-hybridized carbons (Fsp3) is 0.556. The third kappa shape index (κ3) is 8.93. The van der Waals surface area contributed by atoms with Crippen LogP contribution >= 0.6 is 0 Å². The minimum Gasteiger partial charge on any atom is -0.488 e. The maximum atomic E-state index is 16.0. The van der Waals surface area contributed by atoms with Gasteiger partial charge in [-0.3, -0.25) is 34.6 Å². The van der Waals surface area contributed by atoms with Crippen LogP contribution in [0.15, 0.2) is 42.7 Å². The van der Waals surface area contributed by atoms with Gasteiger partial charge in [0.15, 0.2) is 5.82 Å². The van der Waals surface area contributed by atoms with Gasteiger partial charge in [0.05, 0.1) is 36.2 Å². The molecule has 6 heterocycles. The topological polar surface area (TPSA) is 152 Å². The summed E-state index contributed by atoms with van der Waals surface area (Å²) in [6.07, 6.45) is 8.37. The highest BCUT2D eigenvalue weighted by Crippen LogP contribution is 2.41. The summed E-state index contributed by atoms with van der Waals surface area (Å²) in [5.41, 5.74) is 3.62. The molecule has 1 aliphatic carbocycles. The number of hydrogen-bond donors (Lipinski definition) is 2. The lowest BCUT2D eigenvalue weighted by molar-refractivity contribution is -0.129. The summed E-state index contributed by atoms with van der Waals surface area (Å²) >= 11 is 0. The minimum absolute atomic E-state index is 0.0182. The number of imide groups is 1. The zero-order valence-electron chi connectivity index (χ0n) is 35.3. The van der Waals surface area contributed by atoms with E-state index < -0.39 is 11.9 Å². The van der Waals surface area contributed by atoms with Crippen LogP contribution in [0.5, 0.6) is 5.75 Å². The van der Waals surface area contributed by atoms with Crippen LogP contribution in [0.2, 0.25) is 0 Å². The Labute approximate surface area is 355 Å². The molecule has 2 N–H and O–H groups in total. The highest BCUT2D eigenvalue weighted by atomic mass is 19.1. The number of halogens is 1. The van der Waals surface area contributed by atoms with E-state index in [1.807, 2.05) is 25.1 Å². The predicted molar refractivity (Wildman–Crippen MR) is 229 cm³/mol. The number of aromatic nitrogens is 4. The van der Waals surface area contributed by atoms with Crippen LogP contribution in [0.3, 0.4) is 0 Å². The van der Waals surface area contributed by atoms with Gasteiger partial charge in [-0.05, 0) is 88.2 Å². The molecule has 2 atom stereocenters. The van der Waals surface area contributed by atoms with Crippen molar-refractivity contribution in [3.63, 3.8) is 0 Å². The van der Waals surface area contributed by atoms with Crippen molar-refractivity contribution >= 4 is 40.6 Å². The molecule has 324 valence electrons. The number of amides is 3. The van der Waals surface area contributed by atoms with Crippen molar-refractivity contribution in [1.82, 2.24) is 40.2 Å². The maximum Gasteiger partial charge on any atom is 0.255 e. The van der Waals surface area contributed by atoms with Crippen molar-refractivity contribution in [1.29, 1.82) is 0 Å². The molecule has 4 fully saturated rings. The second kappa shape index (κ2) is 17.7. The Hall–Kier alpha value is -5.19. The Morgan fingerprint density at radius 1 is 1.05 bits per heavy atom. The molecule has 0 bridgehead atoms. The molecule has 5 aliphatic rings. The number of nitrogens with zero attached hydrogens (tertiary/aromatic N) is 8. The average Bonchev–Trinajstić information content (AvgIpc) is 3.69. The zero-order valence-corrected chi connectivity index (χ0v) is 35.3. The third-order valence-electron chi connectivity index (χ3n) is 13.4. The normalized spacial score (nSPS) is 21.5. The molecule has 0 spiro atoms. The van der Waals surface area contributed by atoms with Crippen molar-refractivity contribution in [2.24, 2.45) is 5.92 Å². The van der Waals surface area contributed by atoms with E-state index in [4.69, 9.17) is 9.47 Å². The summed E-state index contributed by atoms with van der Waals surface area (Å²) in [5.74, 6) is 1.02. The lowest BCUT2D eigenvalue weighted by atomic mass is 9.92. The summed E-state index contributed by atoms with van der Waals surface area (Å²) in [4.78, 5) is 56.9. The molecule has 2 unspecified atom stereocenters. The van der Waals surface area contributed by atoms with E-state index in [0.29, 0.717) is 42.0 Å². The molecule has 3 saturated heterocycles. The number of benzene rings is 2. The standard InChI is InChI=1S/C45H57FN10O5/c1-3-4-39(43(58)49-29-57)56-27-35-33(44(56)59)6-8-38(41(35)46)54-15-10-30(11-16-54)9-14-52-21-22-60-32(25-52)26-53-17-19-55(20-18-53)40-24-37(47-28-48-40)42-34-23-31(61-45(2)12-13-45)5-7-36(34)50-51-42/h5-8,23-24,28-30,32,39H,3-4,9-22,25-27H2,1-2H3,(H,50,51)(H,49,57,58). The fourth-order valence-corrected chi connectivity index (χ4v) is 9.55. The summed E-state index contributed by atoms with van der Waals surface area (Å²) in [7, 11) is 0. The number of piperidine rings is 1. The molecule has 3 amide bonds. The van der Waals surface area contributed by atoms with Crippen LogP contribution in [0, 0.1) is 11.7 Å². The molecule has 9 rings (SSSR count). The number of H-pyrrole nitrogens is 1. The van der Waals surface area contributed by atoms with E-state index in [2.05, 4.69) is 58.1 Å². The molecule has 15 nitrogen and oxygen atoms in total. The predicted octanol–water partition coefficient (Wildman–Crippen LogP) is 4.62. The van der Waals surface area contributed by atoms with E-state index >= 15 is 4.39 Å². The first-order chi connectivity index (χ1) is 29.7. The van der Waals surface area contributed by atoms with Crippen molar-refractivity contribution in [3.05, 3.63) is 59.7 Å². The van der Waals surface area contributed by atoms with Gasteiger partial charge in [-0.25, -0.2) is 14.4 Å². The number of anilines is 2. The van der Waals surface area contributed by atoms with Crippen LogP contribution in [-0.2, 0) is 20.9 Å². The molecular formula is C45H57FN10O5. The second-order valence-electron chi connectivity index (χ2n) is 17.7. The number of nitrogens with one attached hydrogen (secondary N) is 2. The molecule has 16 heteroatoms. The summed E-state index contributed by atoms with van der Waals surface area (Å²) in [6.45, 7) is 13.7. The van der Waals surface area contributed by atoms with Gasteiger partial charge in [-0.2, -0.15) is 5.10 Å². The van der Waals surface area contributed by atoms with Gasteiger partial charge < -0.3 is 24.2 Å². The molecular weight excluding hydrogens is 780 g/mol. The molecule has 1 saturated carbocycles. The number of hydrogen-bond acceptors (Lipinski definition) is 12. The first kappa shape index (κ1) is 41.2. The van der Waals surface area contributed by atoms with E-state index in [1.165, 1.54) is 4.90 Å². The largest absolute Gasteiger partial charge is 0.488 e. The van der Waals surface area contributed by atoms with E-state index in [-0.39, 0.29) is 30.0 Å². The molecule has 61 heavy (non-hydrogen) atoms. The van der Waals surface area contributed by atoms with Crippen molar-refractivity contribution in [2.45, 2.75) is 83.1 Å². The molecule has 2 aromatic heterocycles. The monoisotopic (exact) mass is 836 g/mol. The number of ether oxygens (including phenoxy) is 2. The second-order valence-corrected chi connectivity index (χ2v) is 17.7. The van der Waals surface area contributed by atoms with Crippen molar-refractivity contribution in [3.8, 4) is 17.1 Å². The van der Waals surface area contributed by atoms with Gasteiger partial charge in [-0.15, -0.1) is 0 Å². The van der Waals surface area contributed by atoms with Gasteiger partial charge >= 0.3 is 0 Å². The van der Waals surface area contributed by atoms with Crippen LogP contribution in [0.25, 0.3) is 22.3 Å². The maximum absolute atomic E-state index is 16.0.